The molecular weight excluding hydrogens is 407 g/mol. The topological polar surface area (TPSA) is 64.3 Å². The molecule has 1 aliphatic rings. The Balaban J connectivity index is 0.00000196. The van der Waals surface area contributed by atoms with Gasteiger partial charge in [0.25, 0.3) is 0 Å². The van der Waals surface area contributed by atoms with E-state index in [-0.39, 0.29) is 81.0 Å². The van der Waals surface area contributed by atoms with Gasteiger partial charge in [0.05, 0.1) is 6.04 Å². The molecule has 85 valence electrons. The van der Waals surface area contributed by atoms with Crippen LogP contribution in [0, 0.1) is 50.0 Å². The predicted octanol–water partition coefficient (Wildman–Crippen LogP) is 0.699. The fourth-order valence-electron chi connectivity index (χ4n) is 2.42. The van der Waals surface area contributed by atoms with Crippen LogP contribution >= 0.6 is 0 Å². The Labute approximate surface area is 127 Å². The minimum atomic E-state index is -0.0764. The van der Waals surface area contributed by atoms with Crippen LogP contribution in [-0.4, -0.2) is 47.6 Å². The van der Waals surface area contributed by atoms with E-state index in [1.165, 1.54) is 0 Å². The quantitative estimate of drug-likeness (QED) is 0.720. The molecule has 0 aromatic heterocycles. The Hall–Kier alpha value is 0.992. The number of carbonyl (C=O) groups is 1. The van der Waals surface area contributed by atoms with Gasteiger partial charge in [0.2, 0.25) is 0 Å². The molecule has 1 radical (unpaired) electrons. The van der Waals surface area contributed by atoms with E-state index < -0.39 is 0 Å². The average molecular weight is 426 g/mol. The van der Waals surface area contributed by atoms with Crippen LogP contribution in [0.1, 0.15) is 20.3 Å². The SMILES string of the molecule is CCN1[C@@H](C(C)=O)C[C@@H](CO)[C@@H]1C[NH-].[Ac]. The molecule has 0 aromatic carbocycles. The number of likely N-dealkylation sites (tertiary alicyclic amines) is 1. The van der Waals surface area contributed by atoms with E-state index in [1.807, 2.05) is 6.92 Å². The molecule has 3 atom stereocenters. The van der Waals surface area contributed by atoms with Crippen LogP contribution in [0.3, 0.4) is 0 Å². The first-order valence-corrected chi connectivity index (χ1v) is 5.17. The summed E-state index contributed by atoms with van der Waals surface area (Å²) >= 11 is 0. The van der Waals surface area contributed by atoms with Gasteiger partial charge in [0.1, 0.15) is 5.78 Å². The minimum Gasteiger partial charge on any atom is -0.676 e. The summed E-state index contributed by atoms with van der Waals surface area (Å²) < 4.78 is 0. The Morgan fingerprint density at radius 1 is 1.60 bits per heavy atom. The predicted molar refractivity (Wildman–Crippen MR) is 55.0 cm³/mol. The molecule has 5 heteroatoms. The zero-order valence-electron chi connectivity index (χ0n) is 9.44. The number of nitrogens with zero attached hydrogens (tertiary/aromatic N) is 1. The molecule has 1 heterocycles. The third-order valence-corrected chi connectivity index (χ3v) is 3.17. The third-order valence-electron chi connectivity index (χ3n) is 3.17. The first-order chi connectivity index (χ1) is 6.65. The van der Waals surface area contributed by atoms with E-state index in [2.05, 4.69) is 4.90 Å². The monoisotopic (exact) mass is 426 g/mol. The molecule has 1 saturated heterocycles. The van der Waals surface area contributed by atoms with Crippen LogP contribution < -0.4 is 0 Å². The summed E-state index contributed by atoms with van der Waals surface area (Å²) in [5.41, 5.74) is 7.43. The summed E-state index contributed by atoms with van der Waals surface area (Å²) in [6.45, 7) is 4.73. The molecular formula is C10H19AcN2O2-. The van der Waals surface area contributed by atoms with Crippen molar-refractivity contribution in [3.63, 3.8) is 0 Å². The number of rotatable bonds is 4. The van der Waals surface area contributed by atoms with Crippen LogP contribution in [0.25, 0.3) is 5.73 Å². The molecule has 0 amide bonds. The molecule has 4 nitrogen and oxygen atoms in total. The van der Waals surface area contributed by atoms with Crippen molar-refractivity contribution in [3.8, 4) is 0 Å². The van der Waals surface area contributed by atoms with Gasteiger partial charge >= 0.3 is 0 Å². The van der Waals surface area contributed by atoms with Gasteiger partial charge in [-0.1, -0.05) is 6.92 Å². The summed E-state index contributed by atoms with van der Waals surface area (Å²) in [4.78, 5) is 13.4. The zero-order chi connectivity index (χ0) is 10.7. The Bertz CT molecular complexity index is 214. The maximum atomic E-state index is 11.4. The van der Waals surface area contributed by atoms with Gasteiger partial charge < -0.3 is 10.8 Å². The number of carbonyl (C=O) groups excluding carboxylic acids is 1. The minimum absolute atomic E-state index is 0. The maximum Gasteiger partial charge on any atom is 0.146 e. The van der Waals surface area contributed by atoms with Gasteiger partial charge in [-0.3, -0.25) is 9.69 Å². The van der Waals surface area contributed by atoms with E-state index in [0.717, 1.165) is 6.54 Å². The molecule has 0 spiro atoms. The van der Waals surface area contributed by atoms with Crippen molar-refractivity contribution in [2.24, 2.45) is 5.92 Å². The average Bonchev–Trinajstić information content (AvgIpc) is 2.54. The number of hydrogen-bond donors (Lipinski definition) is 1. The van der Waals surface area contributed by atoms with Gasteiger partial charge in [-0.15, -0.1) is 6.54 Å². The Morgan fingerprint density at radius 3 is 2.53 bits per heavy atom. The van der Waals surface area contributed by atoms with E-state index >= 15 is 0 Å². The fourth-order valence-corrected chi connectivity index (χ4v) is 2.42. The number of Topliss-reactive ketones (excluding diaryl/α,β-unsaturated/α-hetero) is 1. The van der Waals surface area contributed by atoms with Crippen LogP contribution in [0.4, 0.5) is 0 Å². The second-order valence-corrected chi connectivity index (χ2v) is 3.91. The summed E-state index contributed by atoms with van der Waals surface area (Å²) in [7, 11) is 0. The number of ketones is 1. The molecule has 1 fully saturated rings. The van der Waals surface area contributed by atoms with Gasteiger partial charge in [0.15, 0.2) is 0 Å². The van der Waals surface area contributed by atoms with E-state index in [1.54, 1.807) is 6.92 Å². The normalized spacial score (nSPS) is 31.3. The van der Waals surface area contributed by atoms with E-state index in [0.29, 0.717) is 6.42 Å². The Morgan fingerprint density at radius 2 is 2.20 bits per heavy atom. The first-order valence-electron chi connectivity index (χ1n) is 5.17. The number of aliphatic hydroxyl groups excluding tert-OH is 1. The molecule has 0 bridgehead atoms. The van der Waals surface area contributed by atoms with Gasteiger partial charge in [-0.25, -0.2) is 0 Å². The Kier molecular flexibility index (Phi) is 7.83. The number of aliphatic hydroxyl groups is 1. The van der Waals surface area contributed by atoms with Crippen molar-refractivity contribution in [3.05, 3.63) is 5.73 Å². The second-order valence-electron chi connectivity index (χ2n) is 3.91. The zero-order valence-corrected chi connectivity index (χ0v) is 14.2. The fraction of sp³-hybridized carbons (Fsp3) is 0.900. The van der Waals surface area contributed by atoms with Crippen LogP contribution in [0.2, 0.25) is 0 Å². The molecule has 0 aromatic rings. The molecule has 15 heavy (non-hydrogen) atoms. The van der Waals surface area contributed by atoms with Crippen molar-refractivity contribution in [2.75, 3.05) is 19.7 Å². The van der Waals surface area contributed by atoms with Crippen molar-refractivity contribution < 1.29 is 54.0 Å². The number of likely N-dealkylation sites (N-methyl/N-ethyl adjacent to an activating group) is 1. The summed E-state index contributed by atoms with van der Waals surface area (Å²) in [6.07, 6.45) is 0.712. The summed E-state index contributed by atoms with van der Waals surface area (Å²) in [5.74, 6) is 0.252. The van der Waals surface area contributed by atoms with Crippen molar-refractivity contribution in [2.45, 2.75) is 32.4 Å². The number of hydrogen-bond acceptors (Lipinski definition) is 3. The summed E-state index contributed by atoms with van der Waals surface area (Å²) in [5, 5.41) is 9.16. The molecule has 0 aliphatic carbocycles. The standard InChI is InChI=1S/C10H19N2O2.Ac/c1-3-12-9(7(2)14)4-8(6-13)10(12)5-11;/h8-11,13H,3-6H2,1-2H3;/q-1;/t8-,9+,10-;/m0./s1. The van der Waals surface area contributed by atoms with Gasteiger partial charge in [-0.2, -0.15) is 0 Å². The van der Waals surface area contributed by atoms with Gasteiger partial charge in [0, 0.05) is 50.7 Å². The first kappa shape index (κ1) is 16.0. The van der Waals surface area contributed by atoms with E-state index in [9.17, 15) is 4.79 Å². The van der Waals surface area contributed by atoms with Gasteiger partial charge in [-0.05, 0) is 31.8 Å². The molecule has 1 aliphatic heterocycles. The third kappa shape index (κ3) is 3.47. The molecule has 0 saturated carbocycles. The molecule has 1 rings (SSSR count). The van der Waals surface area contributed by atoms with Crippen molar-refractivity contribution in [1.29, 1.82) is 0 Å². The number of nitrogens with one attached hydrogen (secondary N) is 1. The van der Waals surface area contributed by atoms with Crippen molar-refractivity contribution in [1.82, 2.24) is 4.90 Å². The largest absolute Gasteiger partial charge is 0.676 e. The smallest absolute Gasteiger partial charge is 0.146 e. The van der Waals surface area contributed by atoms with Crippen LogP contribution in [0.15, 0.2) is 0 Å². The van der Waals surface area contributed by atoms with Crippen molar-refractivity contribution >= 4 is 5.78 Å². The van der Waals surface area contributed by atoms with Crippen LogP contribution in [0.5, 0.6) is 0 Å². The maximum absolute atomic E-state index is 11.4. The summed E-state index contributed by atoms with van der Waals surface area (Å²) in [6, 6.07) is -0.0219. The van der Waals surface area contributed by atoms with E-state index in [4.69, 9.17) is 10.8 Å². The second kappa shape index (κ2) is 7.34. The molecule has 2 N–H and O–H groups in total. The van der Waals surface area contributed by atoms with Crippen LogP contribution in [-0.2, 0) is 4.79 Å². The molecule has 0 unspecified atom stereocenters.